The van der Waals surface area contributed by atoms with Crippen molar-refractivity contribution in [1.82, 2.24) is 10.2 Å². The monoisotopic (exact) mass is 300 g/mol. The van der Waals surface area contributed by atoms with E-state index >= 15 is 0 Å². The maximum absolute atomic E-state index is 12.3. The Labute approximate surface area is 126 Å². The van der Waals surface area contributed by atoms with Gasteiger partial charge < -0.3 is 15.3 Å². The smallest absolute Gasteiger partial charge is 0.317 e. The predicted molar refractivity (Wildman–Crippen MR) is 84.1 cm³/mol. The molecule has 116 valence electrons. The van der Waals surface area contributed by atoms with Gasteiger partial charge in [0.25, 0.3) is 0 Å². The molecule has 5 heteroatoms. The Kier molecular flexibility index (Phi) is 6.02. The Hall–Kier alpha value is -0.420. The Morgan fingerprint density at radius 3 is 2.60 bits per heavy atom. The quantitative estimate of drug-likeness (QED) is 0.839. The molecule has 4 nitrogen and oxygen atoms in total. The summed E-state index contributed by atoms with van der Waals surface area (Å²) in [5.41, 5.74) is 0. The number of aliphatic hydroxyl groups is 1. The molecule has 0 aromatic carbocycles. The van der Waals surface area contributed by atoms with E-state index in [2.05, 4.69) is 12.2 Å². The number of carbonyl (C=O) groups is 1. The standard InChI is InChI=1S/C15H28N2O2S/c1-3-20-14-9-6-12(10-14)17(2)15(19)16-11-4-7-13(18)8-5-11/h11-14,18H,3-10H2,1-2H3,(H,16,19). The summed E-state index contributed by atoms with van der Waals surface area (Å²) in [5, 5.41) is 13.4. The normalized spacial score (nSPS) is 34.0. The first-order valence-electron chi connectivity index (χ1n) is 7.93. The molecule has 2 rings (SSSR count). The lowest BCUT2D eigenvalue weighted by Gasteiger charge is -2.30. The van der Waals surface area contributed by atoms with Crippen molar-refractivity contribution in [2.45, 2.75) is 75.3 Å². The summed E-state index contributed by atoms with van der Waals surface area (Å²) in [4.78, 5) is 14.2. The van der Waals surface area contributed by atoms with E-state index in [1.165, 1.54) is 6.42 Å². The highest BCUT2D eigenvalue weighted by atomic mass is 32.2. The van der Waals surface area contributed by atoms with Gasteiger partial charge >= 0.3 is 6.03 Å². The lowest BCUT2D eigenvalue weighted by molar-refractivity contribution is 0.114. The molecule has 0 aliphatic heterocycles. The van der Waals surface area contributed by atoms with E-state index in [1.54, 1.807) is 0 Å². The Morgan fingerprint density at radius 2 is 1.95 bits per heavy atom. The molecule has 2 amide bonds. The van der Waals surface area contributed by atoms with Crippen LogP contribution in [0.2, 0.25) is 0 Å². The van der Waals surface area contributed by atoms with Crippen LogP contribution in [0.15, 0.2) is 0 Å². The highest BCUT2D eigenvalue weighted by molar-refractivity contribution is 7.99. The van der Waals surface area contributed by atoms with Crippen LogP contribution >= 0.6 is 11.8 Å². The van der Waals surface area contributed by atoms with Crippen LogP contribution in [0.3, 0.4) is 0 Å². The van der Waals surface area contributed by atoms with Crippen LogP contribution in [-0.4, -0.2) is 52.3 Å². The number of hydrogen-bond acceptors (Lipinski definition) is 3. The highest BCUT2D eigenvalue weighted by Gasteiger charge is 2.31. The predicted octanol–water partition coefficient (Wildman–Crippen LogP) is 2.61. The fraction of sp³-hybridized carbons (Fsp3) is 0.933. The fourth-order valence-electron chi connectivity index (χ4n) is 3.32. The summed E-state index contributed by atoms with van der Waals surface area (Å²) in [7, 11) is 1.93. The lowest BCUT2D eigenvalue weighted by atomic mass is 9.93. The van der Waals surface area contributed by atoms with Gasteiger partial charge in [0.15, 0.2) is 0 Å². The summed E-state index contributed by atoms with van der Waals surface area (Å²) in [6, 6.07) is 0.710. The number of amides is 2. The first kappa shape index (κ1) is 16.0. The minimum Gasteiger partial charge on any atom is -0.393 e. The maximum Gasteiger partial charge on any atom is 0.317 e. The van der Waals surface area contributed by atoms with Gasteiger partial charge in [-0.1, -0.05) is 6.92 Å². The topological polar surface area (TPSA) is 52.6 Å². The molecular formula is C15H28N2O2S. The molecule has 0 heterocycles. The second-order valence-electron chi connectivity index (χ2n) is 6.11. The summed E-state index contributed by atoms with van der Waals surface area (Å²) in [6.45, 7) is 2.20. The zero-order valence-electron chi connectivity index (χ0n) is 12.7. The van der Waals surface area contributed by atoms with E-state index in [4.69, 9.17) is 0 Å². The number of nitrogens with zero attached hydrogens (tertiary/aromatic N) is 1. The SMILES string of the molecule is CCSC1CCC(N(C)C(=O)NC2CCC(O)CC2)C1. The second-order valence-corrected chi connectivity index (χ2v) is 7.69. The van der Waals surface area contributed by atoms with E-state index in [0.717, 1.165) is 49.5 Å². The first-order valence-corrected chi connectivity index (χ1v) is 8.98. The largest absolute Gasteiger partial charge is 0.393 e. The Bertz CT molecular complexity index is 319. The summed E-state index contributed by atoms with van der Waals surface area (Å²) < 4.78 is 0. The van der Waals surface area contributed by atoms with Crippen LogP contribution in [0.4, 0.5) is 4.79 Å². The molecular weight excluding hydrogens is 272 g/mol. The van der Waals surface area contributed by atoms with Crippen molar-refractivity contribution in [2.75, 3.05) is 12.8 Å². The van der Waals surface area contributed by atoms with Gasteiger partial charge in [-0.2, -0.15) is 11.8 Å². The highest BCUT2D eigenvalue weighted by Crippen LogP contribution is 2.32. The van der Waals surface area contributed by atoms with E-state index in [9.17, 15) is 9.90 Å². The summed E-state index contributed by atoms with van der Waals surface area (Å²) in [6.07, 6.45) is 6.76. The molecule has 0 spiro atoms. The molecule has 2 saturated carbocycles. The van der Waals surface area contributed by atoms with Crippen LogP contribution in [0, 0.1) is 0 Å². The van der Waals surface area contributed by atoms with Crippen molar-refractivity contribution < 1.29 is 9.90 Å². The number of aliphatic hydroxyl groups excluding tert-OH is 1. The molecule has 20 heavy (non-hydrogen) atoms. The molecule has 0 radical (unpaired) electrons. The van der Waals surface area contributed by atoms with E-state index < -0.39 is 0 Å². The molecule has 0 saturated heterocycles. The number of thioether (sulfide) groups is 1. The van der Waals surface area contributed by atoms with Crippen LogP contribution < -0.4 is 5.32 Å². The van der Waals surface area contributed by atoms with Crippen LogP contribution in [0.5, 0.6) is 0 Å². The number of hydrogen-bond donors (Lipinski definition) is 2. The number of urea groups is 1. The van der Waals surface area contributed by atoms with Gasteiger partial charge in [0.1, 0.15) is 0 Å². The van der Waals surface area contributed by atoms with Crippen LogP contribution in [0.25, 0.3) is 0 Å². The van der Waals surface area contributed by atoms with Gasteiger partial charge in [-0.05, 0) is 50.7 Å². The van der Waals surface area contributed by atoms with E-state index in [0.29, 0.717) is 6.04 Å². The van der Waals surface area contributed by atoms with Gasteiger partial charge in [0, 0.05) is 24.4 Å². The second kappa shape index (κ2) is 7.55. The van der Waals surface area contributed by atoms with Gasteiger partial charge in [0.05, 0.1) is 6.10 Å². The zero-order valence-corrected chi connectivity index (χ0v) is 13.5. The minimum absolute atomic E-state index is 0.0681. The molecule has 2 unspecified atom stereocenters. The van der Waals surface area contributed by atoms with Gasteiger partial charge in [-0.15, -0.1) is 0 Å². The van der Waals surface area contributed by atoms with Gasteiger partial charge in [-0.3, -0.25) is 0 Å². The summed E-state index contributed by atoms with van der Waals surface area (Å²) in [5.74, 6) is 1.16. The molecule has 2 aliphatic carbocycles. The molecule has 2 atom stereocenters. The third kappa shape index (κ3) is 4.29. The molecule has 0 aromatic rings. The van der Waals surface area contributed by atoms with Crippen LogP contribution in [-0.2, 0) is 0 Å². The van der Waals surface area contributed by atoms with Gasteiger partial charge in [0.2, 0.25) is 0 Å². The lowest BCUT2D eigenvalue weighted by Crippen LogP contribution is -2.48. The first-order chi connectivity index (χ1) is 9.60. The number of rotatable bonds is 4. The zero-order chi connectivity index (χ0) is 14.5. The fourth-order valence-corrected chi connectivity index (χ4v) is 4.45. The Morgan fingerprint density at radius 1 is 1.25 bits per heavy atom. The van der Waals surface area contributed by atoms with Crippen molar-refractivity contribution >= 4 is 17.8 Å². The van der Waals surface area contributed by atoms with Crippen molar-refractivity contribution in [2.24, 2.45) is 0 Å². The van der Waals surface area contributed by atoms with E-state index in [1.807, 2.05) is 23.7 Å². The van der Waals surface area contributed by atoms with Crippen molar-refractivity contribution in [3.05, 3.63) is 0 Å². The molecule has 2 aliphatic rings. The average Bonchev–Trinajstić information content (AvgIpc) is 2.89. The molecule has 0 bridgehead atoms. The molecule has 2 N–H and O–H groups in total. The van der Waals surface area contributed by atoms with Crippen molar-refractivity contribution in [1.29, 1.82) is 0 Å². The van der Waals surface area contributed by atoms with Crippen molar-refractivity contribution in [3.8, 4) is 0 Å². The minimum atomic E-state index is -0.164. The van der Waals surface area contributed by atoms with E-state index in [-0.39, 0.29) is 18.2 Å². The number of carbonyl (C=O) groups excluding carboxylic acids is 1. The summed E-state index contributed by atoms with van der Waals surface area (Å²) >= 11 is 2.02. The van der Waals surface area contributed by atoms with Crippen molar-refractivity contribution in [3.63, 3.8) is 0 Å². The van der Waals surface area contributed by atoms with Gasteiger partial charge in [-0.25, -0.2) is 4.79 Å². The Balaban J connectivity index is 1.75. The number of nitrogens with one attached hydrogen (secondary N) is 1. The third-order valence-corrected chi connectivity index (χ3v) is 5.88. The molecule has 0 aromatic heterocycles. The average molecular weight is 300 g/mol. The van der Waals surface area contributed by atoms with Crippen LogP contribution in [0.1, 0.15) is 51.9 Å². The third-order valence-electron chi connectivity index (χ3n) is 4.65. The maximum atomic E-state index is 12.3. The molecule has 2 fully saturated rings.